The van der Waals surface area contributed by atoms with E-state index in [1.165, 1.54) is 30.3 Å². The zero-order chi connectivity index (χ0) is 17.3. The Morgan fingerprint density at radius 3 is 2.54 bits per heavy atom. The summed E-state index contributed by atoms with van der Waals surface area (Å²) in [7, 11) is 1.51. The van der Waals surface area contributed by atoms with Crippen molar-refractivity contribution in [2.75, 3.05) is 0 Å². The van der Waals surface area contributed by atoms with Gasteiger partial charge < -0.3 is 4.74 Å². The second-order valence-electron chi connectivity index (χ2n) is 5.26. The van der Waals surface area contributed by atoms with Crippen molar-refractivity contribution in [3.8, 4) is 5.75 Å². The van der Waals surface area contributed by atoms with E-state index in [1.807, 2.05) is 6.07 Å². The van der Waals surface area contributed by atoms with Crippen molar-refractivity contribution in [3.63, 3.8) is 0 Å². The first kappa shape index (κ1) is 16.7. The largest absolute Gasteiger partial charge is 0.489 e. The van der Waals surface area contributed by atoms with Crippen molar-refractivity contribution in [1.29, 1.82) is 0 Å². The SMILES string of the molecule is Cc1cc(COc2ccc(S(=O)(=O)Cl)cc2)c2cccc(F)c2n1. The Kier molecular flexibility index (Phi) is 4.43. The molecule has 0 bridgehead atoms. The van der Waals surface area contributed by atoms with Gasteiger partial charge >= 0.3 is 0 Å². The molecule has 0 aliphatic carbocycles. The Balaban J connectivity index is 1.87. The van der Waals surface area contributed by atoms with Crippen molar-refractivity contribution in [2.45, 2.75) is 18.4 Å². The molecule has 7 heteroatoms. The van der Waals surface area contributed by atoms with Crippen LogP contribution in [-0.2, 0) is 15.7 Å². The number of nitrogens with zero attached hydrogens (tertiary/aromatic N) is 1. The molecule has 0 saturated heterocycles. The summed E-state index contributed by atoms with van der Waals surface area (Å²) in [6, 6.07) is 12.4. The van der Waals surface area contributed by atoms with Crippen LogP contribution in [0.1, 0.15) is 11.3 Å². The van der Waals surface area contributed by atoms with E-state index < -0.39 is 9.05 Å². The number of aryl methyl sites for hydroxylation is 1. The highest BCUT2D eigenvalue weighted by molar-refractivity contribution is 8.13. The molecule has 4 nitrogen and oxygen atoms in total. The first-order valence-electron chi connectivity index (χ1n) is 7.07. The number of benzene rings is 2. The highest BCUT2D eigenvalue weighted by atomic mass is 35.7. The first-order valence-corrected chi connectivity index (χ1v) is 9.38. The van der Waals surface area contributed by atoms with Gasteiger partial charge in [0.1, 0.15) is 23.7 Å². The summed E-state index contributed by atoms with van der Waals surface area (Å²) in [6.07, 6.45) is 0. The molecule has 0 saturated carbocycles. The summed E-state index contributed by atoms with van der Waals surface area (Å²) < 4.78 is 42.0. The van der Waals surface area contributed by atoms with Crippen LogP contribution in [0.15, 0.2) is 53.4 Å². The summed E-state index contributed by atoms with van der Waals surface area (Å²) in [6.45, 7) is 1.99. The summed E-state index contributed by atoms with van der Waals surface area (Å²) in [5.74, 6) is 0.104. The van der Waals surface area contributed by atoms with E-state index in [0.29, 0.717) is 22.3 Å². The van der Waals surface area contributed by atoms with Gasteiger partial charge in [0.05, 0.1) is 4.90 Å². The Bertz CT molecular complexity index is 1000. The summed E-state index contributed by atoms with van der Waals surface area (Å²) in [5, 5.41) is 0.681. The van der Waals surface area contributed by atoms with E-state index in [4.69, 9.17) is 15.4 Å². The molecule has 0 N–H and O–H groups in total. The maximum Gasteiger partial charge on any atom is 0.261 e. The predicted octanol–water partition coefficient (Wildman–Crippen LogP) is 4.19. The molecule has 0 amide bonds. The maximum atomic E-state index is 13.9. The average molecular weight is 366 g/mol. The molecule has 24 heavy (non-hydrogen) atoms. The zero-order valence-corrected chi connectivity index (χ0v) is 14.2. The van der Waals surface area contributed by atoms with Gasteiger partial charge in [-0.15, -0.1) is 0 Å². The molecular weight excluding hydrogens is 353 g/mol. The fourth-order valence-electron chi connectivity index (χ4n) is 2.41. The fraction of sp³-hybridized carbons (Fsp3) is 0.118. The lowest BCUT2D eigenvalue weighted by Crippen LogP contribution is -2.00. The van der Waals surface area contributed by atoms with E-state index in [0.717, 1.165) is 5.56 Å². The molecule has 0 unspecified atom stereocenters. The Morgan fingerprint density at radius 2 is 1.88 bits per heavy atom. The number of pyridine rings is 1. The first-order chi connectivity index (χ1) is 11.3. The normalized spacial score (nSPS) is 11.6. The van der Waals surface area contributed by atoms with E-state index in [-0.39, 0.29) is 17.3 Å². The molecule has 0 atom stereocenters. The van der Waals surface area contributed by atoms with Crippen molar-refractivity contribution >= 4 is 30.6 Å². The smallest absolute Gasteiger partial charge is 0.261 e. The highest BCUT2D eigenvalue weighted by Gasteiger charge is 2.11. The van der Waals surface area contributed by atoms with Crippen LogP contribution in [0.3, 0.4) is 0 Å². The van der Waals surface area contributed by atoms with Crippen LogP contribution in [0.25, 0.3) is 10.9 Å². The van der Waals surface area contributed by atoms with Crippen LogP contribution in [0.4, 0.5) is 4.39 Å². The molecular formula is C17H13ClFNO3S. The van der Waals surface area contributed by atoms with Crippen molar-refractivity contribution < 1.29 is 17.5 Å². The van der Waals surface area contributed by atoms with E-state index in [2.05, 4.69) is 4.98 Å². The Hall–Kier alpha value is -2.18. The second kappa shape index (κ2) is 6.37. The van der Waals surface area contributed by atoms with Crippen LogP contribution in [0.2, 0.25) is 0 Å². The molecule has 3 rings (SSSR count). The molecule has 0 aliphatic heterocycles. The Labute approximate surface area is 143 Å². The molecule has 124 valence electrons. The van der Waals surface area contributed by atoms with E-state index in [9.17, 15) is 12.8 Å². The number of hydrogen-bond donors (Lipinski definition) is 0. The Morgan fingerprint density at radius 1 is 1.17 bits per heavy atom. The molecule has 1 aromatic heterocycles. The summed E-state index contributed by atoms with van der Waals surface area (Å²) >= 11 is 0. The molecule has 0 spiro atoms. The number of hydrogen-bond acceptors (Lipinski definition) is 4. The van der Waals surface area contributed by atoms with Crippen molar-refractivity contribution in [1.82, 2.24) is 4.98 Å². The van der Waals surface area contributed by atoms with Gasteiger partial charge in [0, 0.05) is 27.3 Å². The second-order valence-corrected chi connectivity index (χ2v) is 7.82. The number of halogens is 2. The van der Waals surface area contributed by atoms with Gasteiger partial charge in [-0.1, -0.05) is 12.1 Å². The summed E-state index contributed by atoms with van der Waals surface area (Å²) in [4.78, 5) is 4.22. The van der Waals surface area contributed by atoms with Crippen LogP contribution in [0, 0.1) is 12.7 Å². The number of rotatable bonds is 4. The molecule has 0 aliphatic rings. The summed E-state index contributed by atoms with van der Waals surface area (Å²) in [5.41, 5.74) is 1.79. The quantitative estimate of drug-likeness (QED) is 0.650. The minimum atomic E-state index is -3.76. The van der Waals surface area contributed by atoms with Crippen LogP contribution < -0.4 is 4.74 Å². The van der Waals surface area contributed by atoms with Gasteiger partial charge in [-0.3, -0.25) is 4.98 Å². The van der Waals surface area contributed by atoms with Crippen LogP contribution in [-0.4, -0.2) is 13.4 Å². The molecule has 0 fully saturated rings. The third kappa shape index (κ3) is 3.49. The minimum absolute atomic E-state index is 0.00351. The van der Waals surface area contributed by atoms with Gasteiger partial charge in [-0.2, -0.15) is 0 Å². The fourth-order valence-corrected chi connectivity index (χ4v) is 3.18. The van der Waals surface area contributed by atoms with E-state index in [1.54, 1.807) is 19.1 Å². The maximum absolute atomic E-state index is 13.9. The third-order valence-corrected chi connectivity index (χ3v) is 4.87. The minimum Gasteiger partial charge on any atom is -0.489 e. The standard InChI is InChI=1S/C17H13ClFNO3S/c1-11-9-12(15-3-2-4-16(19)17(15)20-11)10-23-13-5-7-14(8-6-13)24(18,21)22/h2-9H,10H2,1H3. The highest BCUT2D eigenvalue weighted by Crippen LogP contribution is 2.24. The average Bonchev–Trinajstić information content (AvgIpc) is 2.53. The van der Waals surface area contributed by atoms with Crippen LogP contribution >= 0.6 is 10.7 Å². The number of ether oxygens (including phenoxy) is 1. The van der Waals surface area contributed by atoms with Gasteiger partial charge in [-0.25, -0.2) is 12.8 Å². The molecule has 1 heterocycles. The molecule has 0 radical (unpaired) electrons. The van der Waals surface area contributed by atoms with Crippen LogP contribution in [0.5, 0.6) is 5.75 Å². The van der Waals surface area contributed by atoms with Crippen molar-refractivity contribution in [2.24, 2.45) is 0 Å². The monoisotopic (exact) mass is 365 g/mol. The third-order valence-electron chi connectivity index (χ3n) is 3.50. The molecule has 2 aromatic carbocycles. The zero-order valence-electron chi connectivity index (χ0n) is 12.7. The topological polar surface area (TPSA) is 56.3 Å². The van der Waals surface area contributed by atoms with Gasteiger partial charge in [0.25, 0.3) is 9.05 Å². The lowest BCUT2D eigenvalue weighted by atomic mass is 10.1. The molecule has 3 aromatic rings. The predicted molar refractivity (Wildman–Crippen MR) is 90.3 cm³/mol. The number of para-hydroxylation sites is 1. The van der Waals surface area contributed by atoms with Crippen molar-refractivity contribution in [3.05, 3.63) is 65.6 Å². The van der Waals surface area contributed by atoms with Gasteiger partial charge in [-0.05, 0) is 43.3 Å². The van der Waals surface area contributed by atoms with Gasteiger partial charge in [0.2, 0.25) is 0 Å². The lowest BCUT2D eigenvalue weighted by molar-refractivity contribution is 0.307. The van der Waals surface area contributed by atoms with E-state index >= 15 is 0 Å². The number of fused-ring (bicyclic) bond motifs is 1. The lowest BCUT2D eigenvalue weighted by Gasteiger charge is -2.10. The number of aromatic nitrogens is 1. The van der Waals surface area contributed by atoms with Gasteiger partial charge in [0.15, 0.2) is 0 Å².